The number of aryl methyl sites for hydroxylation is 2. The van der Waals surface area contributed by atoms with Crippen LogP contribution in [-0.4, -0.2) is 8.42 Å². The fraction of sp³-hybridized carbons (Fsp3) is 0.231. The van der Waals surface area contributed by atoms with Crippen LogP contribution < -0.4 is 10.5 Å². The lowest BCUT2D eigenvalue weighted by Crippen LogP contribution is -2.16. The van der Waals surface area contributed by atoms with E-state index in [1.165, 1.54) is 6.07 Å². The Balaban J connectivity index is 2.51. The number of halogens is 2. The van der Waals surface area contributed by atoms with E-state index in [-0.39, 0.29) is 11.4 Å². The summed E-state index contributed by atoms with van der Waals surface area (Å²) < 4.78 is 33.6. The summed E-state index contributed by atoms with van der Waals surface area (Å²) in [5.74, 6) is 0.805. The predicted molar refractivity (Wildman–Crippen MR) is 86.0 cm³/mol. The third-order valence-corrected chi connectivity index (χ3v) is 5.46. The van der Waals surface area contributed by atoms with Crippen LogP contribution in [-0.2, 0) is 16.6 Å². The van der Waals surface area contributed by atoms with Crippen LogP contribution in [0.15, 0.2) is 32.0 Å². The van der Waals surface area contributed by atoms with Crippen molar-refractivity contribution in [2.24, 2.45) is 5.73 Å². The summed E-state index contributed by atoms with van der Waals surface area (Å²) in [6, 6.07) is 4.84. The highest BCUT2D eigenvalue weighted by atomic mass is 79.9. The van der Waals surface area contributed by atoms with Gasteiger partial charge in [0.15, 0.2) is 0 Å². The van der Waals surface area contributed by atoms with Crippen LogP contribution in [0.2, 0.25) is 5.02 Å². The number of nitrogens with two attached hydrogens (primary N) is 1. The van der Waals surface area contributed by atoms with Crippen molar-refractivity contribution in [3.8, 4) is 0 Å². The van der Waals surface area contributed by atoms with Crippen molar-refractivity contribution in [3.05, 3.63) is 44.8 Å². The molecular formula is C13H14BrClN2O3S. The van der Waals surface area contributed by atoms with Gasteiger partial charge in [0.2, 0.25) is 0 Å². The quantitative estimate of drug-likeness (QED) is 0.831. The van der Waals surface area contributed by atoms with Gasteiger partial charge in [-0.15, -0.1) is 0 Å². The van der Waals surface area contributed by atoms with E-state index in [9.17, 15) is 8.42 Å². The molecule has 0 amide bonds. The first-order valence-corrected chi connectivity index (χ1v) is 8.68. The third-order valence-electron chi connectivity index (χ3n) is 2.97. The maximum atomic E-state index is 12.6. The molecule has 0 radical (unpaired) electrons. The van der Waals surface area contributed by atoms with Gasteiger partial charge >= 0.3 is 0 Å². The van der Waals surface area contributed by atoms with Crippen molar-refractivity contribution in [1.82, 2.24) is 0 Å². The Morgan fingerprint density at radius 3 is 2.62 bits per heavy atom. The van der Waals surface area contributed by atoms with Gasteiger partial charge in [0, 0.05) is 21.6 Å². The molecule has 0 spiro atoms. The van der Waals surface area contributed by atoms with Crippen LogP contribution >= 0.6 is 27.5 Å². The van der Waals surface area contributed by atoms with Crippen LogP contribution in [0, 0.1) is 13.8 Å². The van der Waals surface area contributed by atoms with Crippen LogP contribution in [0.1, 0.15) is 17.1 Å². The molecule has 8 heteroatoms. The first-order chi connectivity index (χ1) is 9.76. The predicted octanol–water partition coefficient (Wildman–Crippen LogP) is 3.57. The Hall–Kier alpha value is -1.02. The molecule has 0 aliphatic rings. The van der Waals surface area contributed by atoms with Gasteiger partial charge in [0.05, 0.1) is 5.69 Å². The topological polar surface area (TPSA) is 85.3 Å². The average molecular weight is 394 g/mol. The standard InChI is InChI=1S/C13H14BrClN2O3S/c1-7-10(6-16)13(8(2)20-7)21(18,19)17-12-5-9(15)3-4-11(12)14/h3-5,17H,6,16H2,1-2H3. The molecule has 0 unspecified atom stereocenters. The third kappa shape index (κ3) is 3.26. The molecule has 2 rings (SSSR count). The van der Waals surface area contributed by atoms with Crippen molar-refractivity contribution in [3.63, 3.8) is 0 Å². The second kappa shape index (κ2) is 6.00. The molecule has 0 saturated carbocycles. The molecule has 114 valence electrons. The SMILES string of the molecule is Cc1oc(C)c(S(=O)(=O)Nc2cc(Cl)ccc2Br)c1CN. The van der Waals surface area contributed by atoms with Gasteiger partial charge in [-0.3, -0.25) is 4.72 Å². The van der Waals surface area contributed by atoms with E-state index in [4.69, 9.17) is 21.8 Å². The Kier molecular flexibility index (Phi) is 4.67. The molecule has 0 bridgehead atoms. The highest BCUT2D eigenvalue weighted by molar-refractivity contribution is 9.10. The first-order valence-electron chi connectivity index (χ1n) is 6.03. The van der Waals surface area contributed by atoms with Gasteiger partial charge < -0.3 is 10.2 Å². The molecule has 2 aromatic rings. The van der Waals surface area contributed by atoms with Crippen molar-refractivity contribution >= 4 is 43.2 Å². The number of rotatable bonds is 4. The summed E-state index contributed by atoms with van der Waals surface area (Å²) in [5, 5.41) is 0.426. The molecule has 3 N–H and O–H groups in total. The minimum Gasteiger partial charge on any atom is -0.465 e. The lowest BCUT2D eigenvalue weighted by molar-refractivity contribution is 0.494. The van der Waals surface area contributed by atoms with Gasteiger partial charge in [-0.05, 0) is 48.0 Å². The molecule has 1 aromatic carbocycles. The fourth-order valence-corrected chi connectivity index (χ4v) is 4.25. The summed E-state index contributed by atoms with van der Waals surface area (Å²) in [5.41, 5.74) is 6.45. The Morgan fingerprint density at radius 1 is 1.33 bits per heavy atom. The lowest BCUT2D eigenvalue weighted by atomic mass is 10.2. The minimum absolute atomic E-state index is 0.0781. The molecule has 5 nitrogen and oxygen atoms in total. The zero-order valence-electron chi connectivity index (χ0n) is 11.4. The highest BCUT2D eigenvalue weighted by Gasteiger charge is 2.26. The molecule has 0 aliphatic heterocycles. The lowest BCUT2D eigenvalue weighted by Gasteiger charge is -2.11. The largest absolute Gasteiger partial charge is 0.465 e. The number of benzene rings is 1. The van der Waals surface area contributed by atoms with E-state index in [1.54, 1.807) is 26.0 Å². The number of sulfonamides is 1. The van der Waals surface area contributed by atoms with Gasteiger partial charge in [-0.2, -0.15) is 0 Å². The molecule has 21 heavy (non-hydrogen) atoms. The minimum atomic E-state index is -3.82. The van der Waals surface area contributed by atoms with Gasteiger partial charge in [0.1, 0.15) is 16.4 Å². The highest BCUT2D eigenvalue weighted by Crippen LogP contribution is 2.31. The van der Waals surface area contributed by atoms with E-state index in [2.05, 4.69) is 20.7 Å². The van der Waals surface area contributed by atoms with Gasteiger partial charge in [0.25, 0.3) is 10.0 Å². The fourth-order valence-electron chi connectivity index (χ4n) is 2.07. The summed E-state index contributed by atoms with van der Waals surface area (Å²) >= 11 is 9.17. The molecule has 1 aromatic heterocycles. The van der Waals surface area contributed by atoms with Crippen molar-refractivity contribution < 1.29 is 12.8 Å². The number of furan rings is 1. The molecule has 0 atom stereocenters. The van der Waals surface area contributed by atoms with E-state index in [0.29, 0.717) is 32.3 Å². The maximum absolute atomic E-state index is 12.6. The smallest absolute Gasteiger partial charge is 0.265 e. The van der Waals surface area contributed by atoms with Crippen LogP contribution in [0.25, 0.3) is 0 Å². The second-order valence-electron chi connectivity index (χ2n) is 4.46. The zero-order valence-corrected chi connectivity index (χ0v) is 14.6. The Labute approximate surface area is 136 Å². The number of nitrogens with one attached hydrogen (secondary N) is 1. The summed E-state index contributed by atoms with van der Waals surface area (Å²) in [6.07, 6.45) is 0. The summed E-state index contributed by atoms with van der Waals surface area (Å²) in [7, 11) is -3.82. The Bertz CT molecular complexity index is 787. The molecule has 0 fully saturated rings. The van der Waals surface area contributed by atoms with Crippen molar-refractivity contribution in [1.29, 1.82) is 0 Å². The first kappa shape index (κ1) is 16.4. The zero-order chi connectivity index (χ0) is 15.8. The van der Waals surface area contributed by atoms with Gasteiger partial charge in [-0.25, -0.2) is 8.42 Å². The molecule has 1 heterocycles. The van der Waals surface area contributed by atoms with Crippen LogP contribution in [0.3, 0.4) is 0 Å². The maximum Gasteiger partial charge on any atom is 0.265 e. The van der Waals surface area contributed by atoms with E-state index in [0.717, 1.165) is 0 Å². The van der Waals surface area contributed by atoms with E-state index >= 15 is 0 Å². The normalized spacial score (nSPS) is 11.7. The summed E-state index contributed by atoms with van der Waals surface area (Å²) in [4.78, 5) is 0.0781. The number of hydrogen-bond donors (Lipinski definition) is 2. The molecular weight excluding hydrogens is 380 g/mol. The monoisotopic (exact) mass is 392 g/mol. The van der Waals surface area contributed by atoms with E-state index in [1.807, 2.05) is 0 Å². The van der Waals surface area contributed by atoms with Crippen LogP contribution in [0.5, 0.6) is 0 Å². The van der Waals surface area contributed by atoms with Crippen molar-refractivity contribution in [2.75, 3.05) is 4.72 Å². The molecule has 0 aliphatic carbocycles. The molecule has 0 saturated heterocycles. The average Bonchev–Trinajstić information content (AvgIpc) is 2.68. The second-order valence-corrected chi connectivity index (χ2v) is 7.37. The van der Waals surface area contributed by atoms with E-state index < -0.39 is 10.0 Å². The number of hydrogen-bond acceptors (Lipinski definition) is 4. The summed E-state index contributed by atoms with van der Waals surface area (Å²) in [6.45, 7) is 3.35. The van der Waals surface area contributed by atoms with Crippen LogP contribution in [0.4, 0.5) is 5.69 Å². The number of anilines is 1. The van der Waals surface area contributed by atoms with Crippen molar-refractivity contribution in [2.45, 2.75) is 25.3 Å². The van der Waals surface area contributed by atoms with Gasteiger partial charge in [-0.1, -0.05) is 11.6 Å². The Morgan fingerprint density at radius 2 is 2.00 bits per heavy atom.